The number of nitrogens with one attached hydrogen (secondary N) is 1. The molecule has 2 aliphatic heterocycles. The molecule has 2 fully saturated rings. The lowest BCUT2D eigenvalue weighted by atomic mass is 9.95. The highest BCUT2D eigenvalue weighted by Crippen LogP contribution is 2.36. The van der Waals surface area contributed by atoms with Crippen molar-refractivity contribution in [3.05, 3.63) is 72.6 Å². The van der Waals surface area contributed by atoms with Crippen LogP contribution in [0.2, 0.25) is 0 Å². The first-order chi connectivity index (χ1) is 14.7. The molecule has 5 rings (SSSR count). The summed E-state index contributed by atoms with van der Waals surface area (Å²) in [5, 5.41) is 19.2. The Kier molecular flexibility index (Phi) is 5.26. The first kappa shape index (κ1) is 19.3. The molecular weight excluding hydrogens is 382 g/mol. The molecule has 30 heavy (non-hydrogen) atoms. The standard InChI is InChI=1S/C23H25N3O4/c1-28-18-9-7-15(8-10-18)11-24-20-19-14-29-23(30-19)21(22(20)27)26-13-17(12-25-26)16-5-3-2-4-6-16/h2-10,12-13,19-24,27H,11,14H2,1H3. The Morgan fingerprint density at radius 2 is 1.93 bits per heavy atom. The van der Waals surface area contributed by atoms with Crippen molar-refractivity contribution in [3.8, 4) is 16.9 Å². The first-order valence-electron chi connectivity index (χ1n) is 10.1. The molecule has 7 nitrogen and oxygen atoms in total. The van der Waals surface area contributed by atoms with Crippen LogP contribution in [0.1, 0.15) is 11.6 Å². The second-order valence-electron chi connectivity index (χ2n) is 7.69. The molecule has 0 amide bonds. The molecule has 5 atom stereocenters. The lowest BCUT2D eigenvalue weighted by Gasteiger charge is -2.38. The number of ether oxygens (including phenoxy) is 3. The van der Waals surface area contributed by atoms with E-state index in [2.05, 4.69) is 10.4 Å². The summed E-state index contributed by atoms with van der Waals surface area (Å²) in [5.41, 5.74) is 3.17. The summed E-state index contributed by atoms with van der Waals surface area (Å²) in [7, 11) is 1.65. The van der Waals surface area contributed by atoms with E-state index in [1.807, 2.05) is 67.0 Å². The van der Waals surface area contributed by atoms with Crippen LogP contribution in [0.15, 0.2) is 67.0 Å². The third kappa shape index (κ3) is 3.61. The monoisotopic (exact) mass is 407 g/mol. The zero-order chi connectivity index (χ0) is 20.5. The molecule has 0 spiro atoms. The Labute approximate surface area is 175 Å². The van der Waals surface area contributed by atoms with Crippen LogP contribution in [0.25, 0.3) is 11.1 Å². The second-order valence-corrected chi connectivity index (χ2v) is 7.69. The molecule has 1 aromatic heterocycles. The van der Waals surface area contributed by atoms with Gasteiger partial charge in [0, 0.05) is 18.3 Å². The SMILES string of the molecule is COc1ccc(CNC2C3COC(O3)C(n3cc(-c4ccccc4)cn3)C2O)cc1. The maximum absolute atomic E-state index is 11.2. The molecule has 3 heterocycles. The Morgan fingerprint density at radius 1 is 1.13 bits per heavy atom. The Morgan fingerprint density at radius 3 is 2.70 bits per heavy atom. The molecule has 0 aliphatic carbocycles. The maximum Gasteiger partial charge on any atom is 0.183 e. The molecule has 5 unspecified atom stereocenters. The Balaban J connectivity index is 1.33. The van der Waals surface area contributed by atoms with E-state index < -0.39 is 18.4 Å². The van der Waals surface area contributed by atoms with Crippen molar-refractivity contribution in [1.29, 1.82) is 0 Å². The van der Waals surface area contributed by atoms with E-state index in [-0.39, 0.29) is 12.1 Å². The van der Waals surface area contributed by atoms with Gasteiger partial charge >= 0.3 is 0 Å². The highest BCUT2D eigenvalue weighted by Gasteiger charge is 2.51. The second kappa shape index (κ2) is 8.20. The predicted octanol–water partition coefficient (Wildman–Crippen LogP) is 2.37. The quantitative estimate of drug-likeness (QED) is 0.653. The van der Waals surface area contributed by atoms with Crippen molar-refractivity contribution in [3.63, 3.8) is 0 Å². The molecule has 2 aromatic carbocycles. The third-order valence-electron chi connectivity index (χ3n) is 5.85. The summed E-state index contributed by atoms with van der Waals surface area (Å²) >= 11 is 0. The van der Waals surface area contributed by atoms with Gasteiger partial charge in [-0.1, -0.05) is 42.5 Å². The van der Waals surface area contributed by atoms with E-state index in [0.717, 1.165) is 22.4 Å². The number of hydrogen-bond acceptors (Lipinski definition) is 6. The molecule has 0 saturated carbocycles. The zero-order valence-electron chi connectivity index (χ0n) is 16.7. The minimum absolute atomic E-state index is 0.191. The summed E-state index contributed by atoms with van der Waals surface area (Å²) in [6.07, 6.45) is 2.35. The van der Waals surface area contributed by atoms with Crippen LogP contribution in [0, 0.1) is 0 Å². The van der Waals surface area contributed by atoms with Gasteiger partial charge in [-0.3, -0.25) is 4.68 Å². The van der Waals surface area contributed by atoms with Crippen molar-refractivity contribution in [2.24, 2.45) is 0 Å². The molecule has 2 bridgehead atoms. The highest BCUT2D eigenvalue weighted by molar-refractivity contribution is 5.61. The van der Waals surface area contributed by atoms with Crippen LogP contribution in [0.5, 0.6) is 5.75 Å². The molecule has 2 saturated heterocycles. The molecule has 0 radical (unpaired) electrons. The molecule has 156 valence electrons. The van der Waals surface area contributed by atoms with Crippen LogP contribution >= 0.6 is 0 Å². The van der Waals surface area contributed by atoms with E-state index >= 15 is 0 Å². The van der Waals surface area contributed by atoms with E-state index in [4.69, 9.17) is 14.2 Å². The van der Waals surface area contributed by atoms with Gasteiger partial charge in [0.05, 0.1) is 32.1 Å². The summed E-state index contributed by atoms with van der Waals surface area (Å²) in [6.45, 7) is 1.06. The average molecular weight is 407 g/mol. The number of benzene rings is 2. The smallest absolute Gasteiger partial charge is 0.183 e. The fraction of sp³-hybridized carbons (Fsp3) is 0.348. The number of aromatic nitrogens is 2. The van der Waals surface area contributed by atoms with E-state index in [0.29, 0.717) is 13.2 Å². The fourth-order valence-electron chi connectivity index (χ4n) is 4.19. The van der Waals surface area contributed by atoms with Gasteiger partial charge in [0.15, 0.2) is 6.29 Å². The maximum atomic E-state index is 11.2. The van der Waals surface area contributed by atoms with E-state index in [9.17, 15) is 5.11 Å². The minimum atomic E-state index is -0.696. The van der Waals surface area contributed by atoms with Gasteiger partial charge in [-0.15, -0.1) is 0 Å². The fourth-order valence-corrected chi connectivity index (χ4v) is 4.19. The van der Waals surface area contributed by atoms with Gasteiger partial charge in [0.25, 0.3) is 0 Å². The number of nitrogens with zero attached hydrogens (tertiary/aromatic N) is 2. The lowest BCUT2D eigenvalue weighted by Crippen LogP contribution is -2.57. The molecular formula is C23H25N3O4. The summed E-state index contributed by atoms with van der Waals surface area (Å²) in [6, 6.07) is 17.2. The van der Waals surface area contributed by atoms with Crippen LogP contribution in [-0.2, 0) is 16.0 Å². The number of methoxy groups -OCH3 is 1. The van der Waals surface area contributed by atoms with E-state index in [1.54, 1.807) is 11.8 Å². The molecule has 2 N–H and O–H groups in total. The van der Waals surface area contributed by atoms with Crippen molar-refractivity contribution in [1.82, 2.24) is 15.1 Å². The largest absolute Gasteiger partial charge is 0.497 e. The molecule has 2 aliphatic rings. The third-order valence-corrected chi connectivity index (χ3v) is 5.85. The van der Waals surface area contributed by atoms with Gasteiger partial charge < -0.3 is 24.6 Å². The molecule has 3 aromatic rings. The topological polar surface area (TPSA) is 77.8 Å². The van der Waals surface area contributed by atoms with Crippen molar-refractivity contribution >= 4 is 0 Å². The summed E-state index contributed by atoms with van der Waals surface area (Å²) < 4.78 is 18.9. The van der Waals surface area contributed by atoms with Gasteiger partial charge in [0.1, 0.15) is 17.9 Å². The number of hydrogen-bond donors (Lipinski definition) is 2. The summed E-state index contributed by atoms with van der Waals surface area (Å²) in [5.74, 6) is 0.819. The molecule has 7 heteroatoms. The van der Waals surface area contributed by atoms with E-state index in [1.165, 1.54) is 0 Å². The lowest BCUT2D eigenvalue weighted by molar-refractivity contribution is -0.168. The Bertz CT molecular complexity index is 976. The minimum Gasteiger partial charge on any atom is -0.497 e. The predicted molar refractivity (Wildman–Crippen MR) is 111 cm³/mol. The van der Waals surface area contributed by atoms with Gasteiger partial charge in [-0.05, 0) is 23.3 Å². The van der Waals surface area contributed by atoms with Crippen LogP contribution < -0.4 is 10.1 Å². The van der Waals surface area contributed by atoms with Gasteiger partial charge in [-0.2, -0.15) is 5.10 Å². The van der Waals surface area contributed by atoms with Crippen molar-refractivity contribution in [2.75, 3.05) is 13.7 Å². The number of rotatable bonds is 6. The highest BCUT2D eigenvalue weighted by atomic mass is 16.7. The van der Waals surface area contributed by atoms with Gasteiger partial charge in [0.2, 0.25) is 0 Å². The Hall–Kier alpha value is -2.71. The average Bonchev–Trinajstić information content (AvgIpc) is 3.44. The zero-order valence-corrected chi connectivity index (χ0v) is 16.7. The van der Waals surface area contributed by atoms with Crippen molar-refractivity contribution in [2.45, 2.75) is 37.1 Å². The van der Waals surface area contributed by atoms with Crippen molar-refractivity contribution < 1.29 is 19.3 Å². The van der Waals surface area contributed by atoms with Crippen LogP contribution in [0.4, 0.5) is 0 Å². The van der Waals surface area contributed by atoms with Gasteiger partial charge in [-0.25, -0.2) is 0 Å². The number of aliphatic hydroxyl groups excluding tert-OH is 1. The normalized spacial score (nSPS) is 27.9. The first-order valence-corrected chi connectivity index (χ1v) is 10.1. The summed E-state index contributed by atoms with van der Waals surface area (Å²) in [4.78, 5) is 0. The van der Waals surface area contributed by atoms with Crippen LogP contribution in [0.3, 0.4) is 0 Å². The number of aliphatic hydroxyl groups is 1. The van der Waals surface area contributed by atoms with Crippen LogP contribution in [-0.4, -0.2) is 53.1 Å². The number of fused-ring (bicyclic) bond motifs is 2.